The number of halogens is 1. The van der Waals surface area contributed by atoms with Crippen LogP contribution in [0.4, 0.5) is 5.69 Å². The molecule has 0 unspecified atom stereocenters. The smallest absolute Gasteiger partial charge is 0.234 e. The van der Waals surface area contributed by atoms with Gasteiger partial charge in [0, 0.05) is 25.8 Å². The fourth-order valence-electron chi connectivity index (χ4n) is 2.82. The van der Waals surface area contributed by atoms with E-state index in [4.69, 9.17) is 4.98 Å². The van der Waals surface area contributed by atoms with Gasteiger partial charge in [-0.3, -0.25) is 4.79 Å². The Kier molecular flexibility index (Phi) is 4.91. The van der Waals surface area contributed by atoms with E-state index in [2.05, 4.69) is 33.4 Å². The molecule has 3 nitrogen and oxygen atoms in total. The lowest BCUT2D eigenvalue weighted by Crippen LogP contribution is -2.13. The van der Waals surface area contributed by atoms with Crippen molar-refractivity contribution < 1.29 is 4.79 Å². The van der Waals surface area contributed by atoms with Crippen molar-refractivity contribution in [2.24, 2.45) is 0 Å². The van der Waals surface area contributed by atoms with Crippen LogP contribution in [0.2, 0.25) is 0 Å². The second kappa shape index (κ2) is 7.48. The van der Waals surface area contributed by atoms with E-state index in [1.165, 1.54) is 0 Å². The number of nitrogens with one attached hydrogen (secondary N) is 1. The molecule has 1 heterocycles. The second-order valence-corrected chi connectivity index (χ2v) is 7.72. The van der Waals surface area contributed by atoms with E-state index >= 15 is 0 Å². The molecule has 26 heavy (non-hydrogen) atoms. The first-order valence-electron chi connectivity index (χ1n) is 8.16. The summed E-state index contributed by atoms with van der Waals surface area (Å²) < 4.78 is 0.986. The van der Waals surface area contributed by atoms with Crippen molar-refractivity contribution in [1.82, 2.24) is 4.98 Å². The Balaban J connectivity index is 1.61. The van der Waals surface area contributed by atoms with Crippen LogP contribution in [0.25, 0.3) is 21.8 Å². The minimum absolute atomic E-state index is 0.0257. The molecular formula is C21H15BrN2OS. The van der Waals surface area contributed by atoms with Crippen LogP contribution in [0.3, 0.4) is 0 Å². The number of hydrogen-bond donors (Lipinski definition) is 1. The van der Waals surface area contributed by atoms with Gasteiger partial charge in [0.1, 0.15) is 0 Å². The van der Waals surface area contributed by atoms with Crippen molar-refractivity contribution in [2.75, 3.05) is 11.1 Å². The predicted molar refractivity (Wildman–Crippen MR) is 113 cm³/mol. The fraction of sp³-hybridized carbons (Fsp3) is 0.0476. The summed E-state index contributed by atoms with van der Waals surface area (Å²) in [4.78, 5) is 18.2. The van der Waals surface area contributed by atoms with Crippen LogP contribution in [0, 0.1) is 0 Å². The number of fused-ring (bicyclic) bond motifs is 2. The van der Waals surface area contributed by atoms with Crippen LogP contribution in [0.15, 0.2) is 82.2 Å². The number of carbonyl (C=O) groups excluding carboxylic acids is 1. The van der Waals surface area contributed by atoms with Gasteiger partial charge in [-0.15, -0.1) is 11.8 Å². The SMILES string of the molecule is O=C(CSc1c2ccccc2nc2ccccc12)Nc1ccc(Br)cc1. The van der Waals surface area contributed by atoms with Gasteiger partial charge in [0.15, 0.2) is 0 Å². The first kappa shape index (κ1) is 17.1. The lowest BCUT2D eigenvalue weighted by atomic mass is 10.1. The molecule has 0 aliphatic rings. The van der Waals surface area contributed by atoms with Crippen LogP contribution in [0.5, 0.6) is 0 Å². The standard InChI is InChI=1S/C21H15BrN2OS/c22-14-9-11-15(12-10-14)23-20(25)13-26-21-16-5-1-3-7-18(16)24-19-8-4-2-6-17(19)21/h1-12H,13H2,(H,23,25). The Morgan fingerprint density at radius 1 is 0.885 bits per heavy atom. The molecule has 128 valence electrons. The number of para-hydroxylation sites is 2. The number of hydrogen-bond acceptors (Lipinski definition) is 3. The van der Waals surface area contributed by atoms with Gasteiger partial charge >= 0.3 is 0 Å². The Bertz CT molecular complexity index is 1040. The Labute approximate surface area is 164 Å². The van der Waals surface area contributed by atoms with Gasteiger partial charge in [0.25, 0.3) is 0 Å². The number of amides is 1. The van der Waals surface area contributed by atoms with E-state index in [0.717, 1.165) is 36.9 Å². The minimum Gasteiger partial charge on any atom is -0.325 e. The Hall–Kier alpha value is -2.37. The van der Waals surface area contributed by atoms with Crippen LogP contribution in [0.1, 0.15) is 0 Å². The maximum atomic E-state index is 12.4. The lowest BCUT2D eigenvalue weighted by molar-refractivity contribution is -0.113. The largest absolute Gasteiger partial charge is 0.325 e. The molecule has 0 aliphatic heterocycles. The highest BCUT2D eigenvalue weighted by atomic mass is 79.9. The zero-order chi connectivity index (χ0) is 17.9. The first-order valence-corrected chi connectivity index (χ1v) is 9.94. The number of thioether (sulfide) groups is 1. The fourth-order valence-corrected chi connectivity index (χ4v) is 4.09. The molecule has 3 aromatic carbocycles. The van der Waals surface area contributed by atoms with Crippen molar-refractivity contribution in [3.05, 3.63) is 77.3 Å². The number of nitrogens with zero attached hydrogens (tertiary/aromatic N) is 1. The van der Waals surface area contributed by atoms with Gasteiger partial charge < -0.3 is 5.32 Å². The third-order valence-corrected chi connectivity index (χ3v) is 5.68. The summed E-state index contributed by atoms with van der Waals surface area (Å²) in [6, 6.07) is 23.7. The van der Waals surface area contributed by atoms with Gasteiger partial charge in [0.05, 0.1) is 16.8 Å². The maximum absolute atomic E-state index is 12.4. The highest BCUT2D eigenvalue weighted by Gasteiger charge is 2.11. The molecule has 0 atom stereocenters. The van der Waals surface area contributed by atoms with Gasteiger partial charge in [0.2, 0.25) is 5.91 Å². The molecule has 5 heteroatoms. The van der Waals surface area contributed by atoms with E-state index in [1.807, 2.05) is 60.7 Å². The van der Waals surface area contributed by atoms with E-state index < -0.39 is 0 Å². The second-order valence-electron chi connectivity index (χ2n) is 5.82. The topological polar surface area (TPSA) is 42.0 Å². The number of anilines is 1. The molecule has 0 bridgehead atoms. The molecule has 0 spiro atoms. The third-order valence-electron chi connectivity index (χ3n) is 4.01. The van der Waals surface area contributed by atoms with E-state index in [0.29, 0.717) is 5.75 Å². The molecule has 0 aliphatic carbocycles. The molecule has 1 aromatic heterocycles. The van der Waals surface area contributed by atoms with Gasteiger partial charge in [-0.05, 0) is 36.4 Å². The first-order chi connectivity index (χ1) is 12.7. The van der Waals surface area contributed by atoms with E-state index in [9.17, 15) is 4.79 Å². The normalized spacial score (nSPS) is 11.0. The van der Waals surface area contributed by atoms with Crippen LogP contribution < -0.4 is 5.32 Å². The van der Waals surface area contributed by atoms with Crippen molar-refractivity contribution in [1.29, 1.82) is 0 Å². The molecule has 0 radical (unpaired) electrons. The molecule has 0 saturated carbocycles. The predicted octanol–water partition coefficient (Wildman–Crippen LogP) is 5.88. The number of benzene rings is 3. The summed E-state index contributed by atoms with van der Waals surface area (Å²) in [6.45, 7) is 0. The van der Waals surface area contributed by atoms with E-state index in [1.54, 1.807) is 11.8 Å². The monoisotopic (exact) mass is 422 g/mol. The zero-order valence-corrected chi connectivity index (χ0v) is 16.2. The average Bonchev–Trinajstić information content (AvgIpc) is 2.67. The molecule has 0 saturated heterocycles. The Morgan fingerprint density at radius 3 is 2.08 bits per heavy atom. The lowest BCUT2D eigenvalue weighted by Gasteiger charge is -2.11. The average molecular weight is 423 g/mol. The molecule has 4 aromatic rings. The van der Waals surface area contributed by atoms with Crippen molar-refractivity contribution in [3.63, 3.8) is 0 Å². The summed E-state index contributed by atoms with van der Waals surface area (Å²) in [6.07, 6.45) is 0. The zero-order valence-electron chi connectivity index (χ0n) is 13.8. The summed E-state index contributed by atoms with van der Waals surface area (Å²) in [5, 5.41) is 5.09. The maximum Gasteiger partial charge on any atom is 0.234 e. The summed E-state index contributed by atoms with van der Waals surface area (Å²) in [7, 11) is 0. The summed E-state index contributed by atoms with van der Waals surface area (Å²) in [5.74, 6) is 0.316. The number of pyridine rings is 1. The van der Waals surface area contributed by atoms with Crippen LogP contribution >= 0.6 is 27.7 Å². The van der Waals surface area contributed by atoms with Gasteiger partial charge in [-0.2, -0.15) is 0 Å². The summed E-state index contributed by atoms with van der Waals surface area (Å²) >= 11 is 4.94. The molecule has 0 fully saturated rings. The number of aromatic nitrogens is 1. The van der Waals surface area contributed by atoms with E-state index in [-0.39, 0.29) is 5.91 Å². The van der Waals surface area contributed by atoms with Crippen molar-refractivity contribution in [3.8, 4) is 0 Å². The van der Waals surface area contributed by atoms with Gasteiger partial charge in [-0.25, -0.2) is 4.98 Å². The number of rotatable bonds is 4. The summed E-state index contributed by atoms with van der Waals surface area (Å²) in [5.41, 5.74) is 2.69. The van der Waals surface area contributed by atoms with Crippen LogP contribution in [-0.2, 0) is 4.79 Å². The quantitative estimate of drug-likeness (QED) is 0.329. The highest BCUT2D eigenvalue weighted by molar-refractivity contribution is 9.10. The van der Waals surface area contributed by atoms with Crippen LogP contribution in [-0.4, -0.2) is 16.6 Å². The molecular weight excluding hydrogens is 408 g/mol. The molecule has 1 amide bonds. The molecule has 4 rings (SSSR count). The van der Waals surface area contributed by atoms with Crippen molar-refractivity contribution in [2.45, 2.75) is 4.90 Å². The van der Waals surface area contributed by atoms with Crippen molar-refractivity contribution >= 4 is 61.1 Å². The van der Waals surface area contributed by atoms with Gasteiger partial charge in [-0.1, -0.05) is 52.3 Å². The third kappa shape index (κ3) is 3.59. The molecule has 1 N–H and O–H groups in total. The Morgan fingerprint density at radius 2 is 1.46 bits per heavy atom. The highest BCUT2D eigenvalue weighted by Crippen LogP contribution is 2.34. The number of carbonyl (C=O) groups is 1. The minimum atomic E-state index is -0.0257.